The standard InChI is InChI=1S/C26H34N4O2/c1-19-24(10-15-32-19)29-13-8-21-5-4-20(16-22(21)9-14-29)17-28-26(31)23-6-7-25(27-18-23)30-11-2-3-12-30/h4-7,16,18-19,24H,2-3,8-15,17H2,1H3,(H,28,31). The van der Waals surface area contributed by atoms with Crippen LogP contribution in [0.4, 0.5) is 5.82 Å². The molecule has 2 fully saturated rings. The van der Waals surface area contributed by atoms with E-state index in [-0.39, 0.29) is 5.91 Å². The van der Waals surface area contributed by atoms with Gasteiger partial charge < -0.3 is 15.0 Å². The first kappa shape index (κ1) is 21.4. The molecule has 3 aliphatic heterocycles. The van der Waals surface area contributed by atoms with Crippen LogP contribution in [0.5, 0.6) is 0 Å². The van der Waals surface area contributed by atoms with E-state index in [2.05, 4.69) is 45.2 Å². The van der Waals surface area contributed by atoms with E-state index in [1.165, 1.54) is 24.0 Å². The van der Waals surface area contributed by atoms with Gasteiger partial charge in [-0.2, -0.15) is 0 Å². The zero-order valence-corrected chi connectivity index (χ0v) is 19.1. The lowest BCUT2D eigenvalue weighted by Gasteiger charge is -2.29. The van der Waals surface area contributed by atoms with Crippen LogP contribution in [0.25, 0.3) is 0 Å². The van der Waals surface area contributed by atoms with E-state index in [0.29, 0.717) is 24.3 Å². The number of pyridine rings is 1. The van der Waals surface area contributed by atoms with Gasteiger partial charge in [-0.05, 0) is 67.9 Å². The molecule has 0 saturated carbocycles. The number of rotatable bonds is 5. The molecular weight excluding hydrogens is 400 g/mol. The average Bonchev–Trinajstić information content (AvgIpc) is 3.46. The second kappa shape index (κ2) is 9.59. The normalized spacial score (nSPS) is 23.7. The predicted octanol–water partition coefficient (Wildman–Crippen LogP) is 3.19. The van der Waals surface area contributed by atoms with Crippen LogP contribution in [0.1, 0.15) is 53.2 Å². The quantitative estimate of drug-likeness (QED) is 0.783. The molecule has 2 atom stereocenters. The molecule has 1 N–H and O–H groups in total. The van der Waals surface area contributed by atoms with Gasteiger partial charge in [0.1, 0.15) is 5.82 Å². The summed E-state index contributed by atoms with van der Waals surface area (Å²) in [6.45, 7) is 7.92. The molecular formula is C26H34N4O2. The van der Waals surface area contributed by atoms with Crippen molar-refractivity contribution in [3.8, 4) is 0 Å². The van der Waals surface area contributed by atoms with Gasteiger partial charge in [-0.1, -0.05) is 18.2 Å². The molecule has 2 aromatic rings. The number of hydrogen-bond acceptors (Lipinski definition) is 5. The smallest absolute Gasteiger partial charge is 0.253 e. The number of anilines is 1. The third kappa shape index (κ3) is 4.66. The lowest BCUT2D eigenvalue weighted by atomic mass is 10.00. The topological polar surface area (TPSA) is 57.7 Å². The zero-order valence-electron chi connectivity index (χ0n) is 19.1. The maximum atomic E-state index is 12.6. The fraction of sp³-hybridized carbons (Fsp3) is 0.538. The Bertz CT molecular complexity index is 939. The monoisotopic (exact) mass is 434 g/mol. The molecule has 6 heteroatoms. The van der Waals surface area contributed by atoms with Crippen molar-refractivity contribution in [2.75, 3.05) is 37.7 Å². The number of amides is 1. The molecule has 4 heterocycles. The van der Waals surface area contributed by atoms with Crippen LogP contribution in [0.2, 0.25) is 0 Å². The maximum absolute atomic E-state index is 12.6. The number of carbonyl (C=O) groups excluding carboxylic acids is 1. The number of ether oxygens (including phenoxy) is 1. The summed E-state index contributed by atoms with van der Waals surface area (Å²) in [6.07, 6.45) is 7.75. The number of benzene rings is 1. The minimum atomic E-state index is -0.0678. The van der Waals surface area contributed by atoms with Crippen molar-refractivity contribution in [3.05, 3.63) is 58.8 Å². The molecule has 0 spiro atoms. The molecule has 1 amide bonds. The lowest BCUT2D eigenvalue weighted by Crippen LogP contribution is -2.41. The van der Waals surface area contributed by atoms with Gasteiger partial charge in [0.05, 0.1) is 11.7 Å². The molecule has 0 aliphatic carbocycles. The number of carbonyl (C=O) groups is 1. The number of nitrogens with zero attached hydrogens (tertiary/aromatic N) is 3. The molecule has 5 rings (SSSR count). The third-order valence-corrected chi connectivity index (χ3v) is 7.31. The van der Waals surface area contributed by atoms with Crippen molar-refractivity contribution < 1.29 is 9.53 Å². The number of fused-ring (bicyclic) bond motifs is 1. The van der Waals surface area contributed by atoms with Gasteiger partial charge in [0.15, 0.2) is 0 Å². The fourth-order valence-corrected chi connectivity index (χ4v) is 5.38. The molecule has 1 aromatic carbocycles. The van der Waals surface area contributed by atoms with Crippen LogP contribution in [0.15, 0.2) is 36.5 Å². The Kier molecular flexibility index (Phi) is 6.42. The summed E-state index contributed by atoms with van der Waals surface area (Å²) in [4.78, 5) is 22.0. The van der Waals surface area contributed by atoms with E-state index in [9.17, 15) is 4.79 Å². The zero-order chi connectivity index (χ0) is 21.9. The minimum absolute atomic E-state index is 0.0678. The third-order valence-electron chi connectivity index (χ3n) is 7.31. The number of hydrogen-bond donors (Lipinski definition) is 1. The van der Waals surface area contributed by atoms with Crippen molar-refractivity contribution in [2.45, 2.75) is 57.7 Å². The number of aromatic nitrogens is 1. The van der Waals surface area contributed by atoms with Gasteiger partial charge in [-0.15, -0.1) is 0 Å². The van der Waals surface area contributed by atoms with E-state index in [4.69, 9.17) is 4.74 Å². The Balaban J connectivity index is 1.17. The Labute approximate surface area is 191 Å². The molecule has 3 aliphatic rings. The highest BCUT2D eigenvalue weighted by Crippen LogP contribution is 2.24. The first-order chi connectivity index (χ1) is 15.7. The SMILES string of the molecule is CC1OCCC1N1CCc2ccc(CNC(=O)c3ccc(N4CCCC4)nc3)cc2CC1. The first-order valence-electron chi connectivity index (χ1n) is 12.1. The first-order valence-corrected chi connectivity index (χ1v) is 12.1. The van der Waals surface area contributed by atoms with Crippen LogP contribution >= 0.6 is 0 Å². The Hall–Kier alpha value is -2.44. The highest BCUT2D eigenvalue weighted by Gasteiger charge is 2.30. The van der Waals surface area contributed by atoms with E-state index in [1.54, 1.807) is 6.20 Å². The van der Waals surface area contributed by atoms with Crippen molar-refractivity contribution in [1.82, 2.24) is 15.2 Å². The van der Waals surface area contributed by atoms with Crippen molar-refractivity contribution in [2.24, 2.45) is 0 Å². The molecule has 1 aromatic heterocycles. The summed E-state index contributed by atoms with van der Waals surface area (Å²) in [7, 11) is 0. The second-order valence-electron chi connectivity index (χ2n) is 9.35. The summed E-state index contributed by atoms with van der Waals surface area (Å²) in [5.41, 5.74) is 4.63. The fourth-order valence-electron chi connectivity index (χ4n) is 5.38. The van der Waals surface area contributed by atoms with Gasteiger partial charge in [0.2, 0.25) is 0 Å². The van der Waals surface area contributed by atoms with Crippen LogP contribution in [-0.2, 0) is 24.1 Å². The highest BCUT2D eigenvalue weighted by molar-refractivity contribution is 5.94. The molecule has 0 radical (unpaired) electrons. The lowest BCUT2D eigenvalue weighted by molar-refractivity contribution is 0.0757. The van der Waals surface area contributed by atoms with Crippen molar-refractivity contribution in [1.29, 1.82) is 0 Å². The second-order valence-corrected chi connectivity index (χ2v) is 9.35. The number of nitrogens with one attached hydrogen (secondary N) is 1. The molecule has 6 nitrogen and oxygen atoms in total. The highest BCUT2D eigenvalue weighted by atomic mass is 16.5. The van der Waals surface area contributed by atoms with Gasteiger partial charge in [0, 0.05) is 51.6 Å². The van der Waals surface area contributed by atoms with Gasteiger partial charge >= 0.3 is 0 Å². The van der Waals surface area contributed by atoms with Gasteiger partial charge in [-0.25, -0.2) is 4.98 Å². The van der Waals surface area contributed by atoms with Crippen LogP contribution in [0, 0.1) is 0 Å². The Morgan fingerprint density at radius 3 is 2.62 bits per heavy atom. The summed E-state index contributed by atoms with van der Waals surface area (Å²) >= 11 is 0. The predicted molar refractivity (Wildman–Crippen MR) is 126 cm³/mol. The largest absolute Gasteiger partial charge is 0.377 e. The average molecular weight is 435 g/mol. The molecule has 2 unspecified atom stereocenters. The van der Waals surface area contributed by atoms with Crippen LogP contribution in [0.3, 0.4) is 0 Å². The summed E-state index contributed by atoms with van der Waals surface area (Å²) in [6, 6.07) is 11.1. The maximum Gasteiger partial charge on any atom is 0.253 e. The Morgan fingerprint density at radius 1 is 1.09 bits per heavy atom. The van der Waals surface area contributed by atoms with Gasteiger partial charge in [-0.3, -0.25) is 9.69 Å². The van der Waals surface area contributed by atoms with Crippen LogP contribution < -0.4 is 10.2 Å². The van der Waals surface area contributed by atoms with E-state index >= 15 is 0 Å². The summed E-state index contributed by atoms with van der Waals surface area (Å²) in [5, 5.41) is 3.07. The van der Waals surface area contributed by atoms with E-state index in [0.717, 1.165) is 63.4 Å². The van der Waals surface area contributed by atoms with Crippen molar-refractivity contribution in [3.63, 3.8) is 0 Å². The van der Waals surface area contributed by atoms with E-state index < -0.39 is 0 Å². The van der Waals surface area contributed by atoms with Crippen molar-refractivity contribution >= 4 is 11.7 Å². The van der Waals surface area contributed by atoms with E-state index in [1.807, 2.05) is 12.1 Å². The summed E-state index contributed by atoms with van der Waals surface area (Å²) < 4.78 is 5.79. The molecule has 32 heavy (non-hydrogen) atoms. The van der Waals surface area contributed by atoms with Crippen LogP contribution in [-0.4, -0.2) is 60.7 Å². The van der Waals surface area contributed by atoms with Gasteiger partial charge in [0.25, 0.3) is 5.91 Å². The molecule has 2 saturated heterocycles. The molecule has 0 bridgehead atoms. The molecule has 170 valence electrons. The minimum Gasteiger partial charge on any atom is -0.377 e. The Morgan fingerprint density at radius 2 is 1.91 bits per heavy atom. The summed E-state index contributed by atoms with van der Waals surface area (Å²) in [5.74, 6) is 0.902.